The Balaban J connectivity index is 1.56. The molecule has 31 heavy (non-hydrogen) atoms. The van der Waals surface area contributed by atoms with E-state index in [1.807, 2.05) is 84.9 Å². The first-order valence-corrected chi connectivity index (χ1v) is 10.2. The largest absolute Gasteiger partial charge is 0.496 e. The number of carbonyl (C=O) groups is 2. The normalized spacial score (nSPS) is 22.7. The highest BCUT2D eigenvalue weighted by atomic mass is 16.7. The van der Waals surface area contributed by atoms with Crippen LogP contribution < -0.4 is 9.80 Å². The second-order valence-electron chi connectivity index (χ2n) is 7.65. The number of benzene rings is 3. The van der Waals surface area contributed by atoms with Crippen molar-refractivity contribution in [1.82, 2.24) is 4.90 Å². The molecule has 0 bridgehead atoms. The zero-order valence-corrected chi connectivity index (χ0v) is 17.0. The van der Waals surface area contributed by atoms with Crippen molar-refractivity contribution in [3.8, 4) is 5.75 Å². The molecule has 0 spiro atoms. The maximum atomic E-state index is 13.5. The molecule has 2 aliphatic heterocycles. The van der Waals surface area contributed by atoms with Gasteiger partial charge in [-0.25, -0.2) is 5.06 Å². The molecular formula is C25H22N2O4. The molecule has 5 rings (SSSR count). The lowest BCUT2D eigenvalue weighted by Crippen LogP contribution is -2.37. The Hall–Kier alpha value is -3.64. The molecule has 3 atom stereocenters. The number of rotatable bonds is 5. The Kier molecular flexibility index (Phi) is 4.92. The molecule has 3 aromatic rings. The number of likely N-dealkylation sites (tertiary alicyclic amines) is 1. The summed E-state index contributed by atoms with van der Waals surface area (Å²) in [5.41, 5.74) is 2.49. The summed E-state index contributed by atoms with van der Waals surface area (Å²) < 4.78 is 5.58. The van der Waals surface area contributed by atoms with Crippen LogP contribution in [0.5, 0.6) is 5.75 Å². The molecule has 0 N–H and O–H groups in total. The molecule has 156 valence electrons. The average molecular weight is 414 g/mol. The van der Waals surface area contributed by atoms with Gasteiger partial charge in [-0.15, -0.1) is 0 Å². The highest BCUT2D eigenvalue weighted by Gasteiger charge is 2.60. The van der Waals surface area contributed by atoms with Crippen LogP contribution in [0, 0.1) is 5.92 Å². The van der Waals surface area contributed by atoms with Crippen molar-refractivity contribution < 1.29 is 19.2 Å². The van der Waals surface area contributed by atoms with Crippen LogP contribution in [-0.2, 0) is 21.0 Å². The second kappa shape index (κ2) is 7.89. The molecule has 3 aromatic carbocycles. The van der Waals surface area contributed by atoms with Crippen LogP contribution in [0.3, 0.4) is 0 Å². The van der Waals surface area contributed by atoms with Crippen molar-refractivity contribution in [2.75, 3.05) is 12.2 Å². The molecule has 0 saturated carbocycles. The fourth-order valence-corrected chi connectivity index (χ4v) is 4.42. The number of imide groups is 1. The highest BCUT2D eigenvalue weighted by molar-refractivity contribution is 6.07. The van der Waals surface area contributed by atoms with E-state index in [1.54, 1.807) is 12.2 Å². The standard InChI is InChI=1S/C25H22N2O4/c1-30-20-15-9-8-14-19(20)22-21-23(31-27(22)18-12-6-3-7-13-18)25(29)26(24(21)28)16-17-10-4-2-5-11-17/h2-15,21-23H,16H2,1H3/t21-,22-,23+/m0/s1. The van der Waals surface area contributed by atoms with Gasteiger partial charge in [0.15, 0.2) is 6.10 Å². The van der Waals surface area contributed by atoms with Crippen molar-refractivity contribution in [3.05, 3.63) is 96.1 Å². The van der Waals surface area contributed by atoms with Gasteiger partial charge in [0.25, 0.3) is 5.91 Å². The number of hydroxylamine groups is 1. The van der Waals surface area contributed by atoms with Crippen LogP contribution in [-0.4, -0.2) is 29.9 Å². The number of ether oxygens (including phenoxy) is 1. The summed E-state index contributed by atoms with van der Waals surface area (Å²) in [5, 5.41) is 1.68. The number of nitrogens with zero attached hydrogens (tertiary/aromatic N) is 2. The Morgan fingerprint density at radius 3 is 2.19 bits per heavy atom. The molecule has 2 heterocycles. The van der Waals surface area contributed by atoms with E-state index < -0.39 is 18.1 Å². The van der Waals surface area contributed by atoms with Crippen LogP contribution in [0.15, 0.2) is 84.9 Å². The van der Waals surface area contributed by atoms with E-state index in [0.717, 1.165) is 16.8 Å². The van der Waals surface area contributed by atoms with Crippen LogP contribution >= 0.6 is 0 Å². The van der Waals surface area contributed by atoms with Crippen LogP contribution in [0.2, 0.25) is 0 Å². The lowest BCUT2D eigenvalue weighted by molar-refractivity contribution is -0.143. The number of para-hydroxylation sites is 2. The molecule has 2 fully saturated rings. The highest BCUT2D eigenvalue weighted by Crippen LogP contribution is 2.48. The number of carbonyl (C=O) groups excluding carboxylic acids is 2. The van der Waals surface area contributed by atoms with Crippen molar-refractivity contribution in [3.63, 3.8) is 0 Å². The number of methoxy groups -OCH3 is 1. The van der Waals surface area contributed by atoms with E-state index in [1.165, 1.54) is 4.90 Å². The number of hydrogen-bond donors (Lipinski definition) is 0. The zero-order valence-electron chi connectivity index (χ0n) is 17.0. The van der Waals surface area contributed by atoms with Gasteiger partial charge >= 0.3 is 0 Å². The molecule has 6 nitrogen and oxygen atoms in total. The minimum Gasteiger partial charge on any atom is -0.496 e. The van der Waals surface area contributed by atoms with E-state index in [4.69, 9.17) is 9.57 Å². The minimum absolute atomic E-state index is 0.229. The van der Waals surface area contributed by atoms with Crippen molar-refractivity contribution in [2.24, 2.45) is 5.92 Å². The molecule has 0 unspecified atom stereocenters. The Morgan fingerprint density at radius 1 is 0.839 bits per heavy atom. The third kappa shape index (κ3) is 3.25. The van der Waals surface area contributed by atoms with Gasteiger partial charge in [0.2, 0.25) is 5.91 Å². The summed E-state index contributed by atoms with van der Waals surface area (Å²) in [6.07, 6.45) is -0.869. The van der Waals surface area contributed by atoms with Gasteiger partial charge in [-0.05, 0) is 23.8 Å². The Labute approximate surface area is 180 Å². The molecule has 2 saturated heterocycles. The fourth-order valence-electron chi connectivity index (χ4n) is 4.42. The summed E-state index contributed by atoms with van der Waals surface area (Å²) in [6, 6.07) is 26.1. The van der Waals surface area contributed by atoms with Crippen molar-refractivity contribution in [1.29, 1.82) is 0 Å². The zero-order chi connectivity index (χ0) is 21.4. The van der Waals surface area contributed by atoms with Gasteiger partial charge in [-0.2, -0.15) is 0 Å². The molecule has 2 aliphatic rings. The molecule has 0 radical (unpaired) electrons. The van der Waals surface area contributed by atoms with Crippen LogP contribution in [0.25, 0.3) is 0 Å². The van der Waals surface area contributed by atoms with Crippen LogP contribution in [0.4, 0.5) is 5.69 Å². The third-order valence-electron chi connectivity index (χ3n) is 5.86. The first kappa shape index (κ1) is 19.3. The maximum Gasteiger partial charge on any atom is 0.262 e. The Bertz CT molecular complexity index is 1100. The first-order chi connectivity index (χ1) is 15.2. The van der Waals surface area contributed by atoms with Crippen molar-refractivity contribution in [2.45, 2.75) is 18.7 Å². The molecule has 0 aliphatic carbocycles. The third-order valence-corrected chi connectivity index (χ3v) is 5.86. The van der Waals surface area contributed by atoms with Crippen LogP contribution in [0.1, 0.15) is 17.2 Å². The maximum absolute atomic E-state index is 13.5. The molecule has 0 aromatic heterocycles. The molecule has 2 amide bonds. The molecular weight excluding hydrogens is 392 g/mol. The average Bonchev–Trinajstić information content (AvgIpc) is 3.32. The second-order valence-corrected chi connectivity index (χ2v) is 7.65. The molecule has 6 heteroatoms. The lowest BCUT2D eigenvalue weighted by Gasteiger charge is -2.29. The van der Waals surface area contributed by atoms with Crippen molar-refractivity contribution >= 4 is 17.5 Å². The Morgan fingerprint density at radius 2 is 1.48 bits per heavy atom. The number of hydrogen-bond acceptors (Lipinski definition) is 5. The van der Waals surface area contributed by atoms with E-state index in [9.17, 15) is 9.59 Å². The predicted octanol–water partition coefficient (Wildman–Crippen LogP) is 3.74. The monoisotopic (exact) mass is 414 g/mol. The summed E-state index contributed by atoms with van der Waals surface area (Å²) in [4.78, 5) is 34.2. The number of fused-ring (bicyclic) bond motifs is 1. The summed E-state index contributed by atoms with van der Waals surface area (Å²) >= 11 is 0. The van der Waals surface area contributed by atoms with Gasteiger partial charge in [0.05, 0.1) is 25.4 Å². The summed E-state index contributed by atoms with van der Waals surface area (Å²) in [5.74, 6) is -0.544. The van der Waals surface area contributed by atoms with Gasteiger partial charge in [-0.1, -0.05) is 66.7 Å². The quantitative estimate of drug-likeness (QED) is 0.596. The smallest absolute Gasteiger partial charge is 0.262 e. The van der Waals surface area contributed by atoms with Gasteiger partial charge < -0.3 is 4.74 Å². The van der Waals surface area contributed by atoms with Gasteiger partial charge in [-0.3, -0.25) is 19.3 Å². The SMILES string of the molecule is COc1ccccc1[C@H]1[C@@H]2C(=O)N(Cc3ccccc3)C(=O)[C@@H]2ON1c1ccccc1. The summed E-state index contributed by atoms with van der Waals surface area (Å²) in [6.45, 7) is 0.235. The van der Waals surface area contributed by atoms with Gasteiger partial charge in [0, 0.05) is 5.56 Å². The lowest BCUT2D eigenvalue weighted by atomic mass is 9.90. The van der Waals surface area contributed by atoms with Gasteiger partial charge in [0.1, 0.15) is 11.7 Å². The van der Waals surface area contributed by atoms with E-state index >= 15 is 0 Å². The predicted molar refractivity (Wildman–Crippen MR) is 115 cm³/mol. The number of anilines is 1. The fraction of sp³-hybridized carbons (Fsp3) is 0.200. The van der Waals surface area contributed by atoms with E-state index in [-0.39, 0.29) is 18.4 Å². The first-order valence-electron chi connectivity index (χ1n) is 10.2. The topological polar surface area (TPSA) is 59.1 Å². The van der Waals surface area contributed by atoms with E-state index in [2.05, 4.69) is 0 Å². The van der Waals surface area contributed by atoms with E-state index in [0.29, 0.717) is 5.75 Å². The number of amides is 2. The minimum atomic E-state index is -0.869. The summed E-state index contributed by atoms with van der Waals surface area (Å²) in [7, 11) is 1.60.